The number of nitrogens with zero attached hydrogens (tertiary/aromatic N) is 4. The second-order valence-electron chi connectivity index (χ2n) is 9.51. The van der Waals surface area contributed by atoms with E-state index >= 15 is 0 Å². The van der Waals surface area contributed by atoms with E-state index in [0.717, 1.165) is 18.1 Å². The zero-order chi connectivity index (χ0) is 29.1. The first-order chi connectivity index (χ1) is 19.2. The Morgan fingerprint density at radius 3 is 2.60 bits per heavy atom. The van der Waals surface area contributed by atoms with E-state index in [1.165, 1.54) is 12.1 Å². The summed E-state index contributed by atoms with van der Waals surface area (Å²) >= 11 is 5.55. The van der Waals surface area contributed by atoms with Crippen LogP contribution in [0, 0.1) is 17.2 Å². The topological polar surface area (TPSA) is 100.0 Å². The molecule has 0 aliphatic carbocycles. The highest BCUT2D eigenvalue weighted by Crippen LogP contribution is 2.32. The predicted molar refractivity (Wildman–Crippen MR) is 151 cm³/mol. The number of benzene rings is 2. The number of aromatic nitrogens is 2. The summed E-state index contributed by atoms with van der Waals surface area (Å²) in [4.78, 5) is 19.4. The van der Waals surface area contributed by atoms with Crippen LogP contribution in [-0.2, 0) is 30.5 Å². The lowest BCUT2D eigenvalue weighted by Gasteiger charge is -2.30. The maximum Gasteiger partial charge on any atom is 0.416 e. The molecule has 1 aromatic heterocycles. The van der Waals surface area contributed by atoms with Crippen molar-refractivity contribution in [3.8, 4) is 6.07 Å². The van der Waals surface area contributed by atoms with E-state index in [2.05, 4.69) is 16.4 Å². The molecule has 11 heteroatoms. The van der Waals surface area contributed by atoms with Crippen molar-refractivity contribution in [1.82, 2.24) is 19.8 Å². The monoisotopic (exact) mass is 570 g/mol. The highest BCUT2D eigenvalue weighted by Gasteiger charge is 2.34. The van der Waals surface area contributed by atoms with Gasteiger partial charge in [-0.3, -0.25) is 4.79 Å². The van der Waals surface area contributed by atoms with Gasteiger partial charge in [-0.15, -0.1) is 0 Å². The first-order valence-electron chi connectivity index (χ1n) is 13.0. The number of imidazole rings is 1. The number of ketones is 1. The molecule has 40 heavy (non-hydrogen) atoms. The van der Waals surface area contributed by atoms with Crippen LogP contribution in [0.2, 0.25) is 0 Å². The molecular formula is C29H33F3N6OS. The van der Waals surface area contributed by atoms with Crippen molar-refractivity contribution < 1.29 is 18.0 Å². The van der Waals surface area contributed by atoms with E-state index in [1.54, 1.807) is 35.6 Å². The number of rotatable bonds is 13. The lowest BCUT2D eigenvalue weighted by atomic mass is 9.95. The Bertz CT molecular complexity index is 1320. The molecule has 0 radical (unpaired) electrons. The normalized spacial score (nSPS) is 12.0. The summed E-state index contributed by atoms with van der Waals surface area (Å²) in [5, 5.41) is 12.4. The standard InChI is InChI=1S/C29H33F3N6OS/c1-2-13-36-28(40)37(18-23-5-3-4-6-26(23)29(30,31)32)19-24(11-12-33)27(39)14-25-16-35-20-38(25)17-22-9-7-21(15-34)8-10-22/h3-10,16,20,24H,2,11-14,17-19,33H2,1H3,(H,36,40)/t24-/m0/s1. The molecule has 1 heterocycles. The summed E-state index contributed by atoms with van der Waals surface area (Å²) in [7, 11) is 0. The molecule has 3 aromatic rings. The van der Waals surface area contributed by atoms with Crippen LogP contribution < -0.4 is 11.1 Å². The predicted octanol–water partition coefficient (Wildman–Crippen LogP) is 4.69. The van der Waals surface area contributed by atoms with Crippen molar-refractivity contribution in [2.24, 2.45) is 11.7 Å². The number of halogens is 3. The summed E-state index contributed by atoms with van der Waals surface area (Å²) in [5.74, 6) is -0.651. The van der Waals surface area contributed by atoms with Gasteiger partial charge in [0.2, 0.25) is 0 Å². The molecule has 0 aliphatic rings. The number of carbonyl (C=O) groups excluding carboxylic acids is 1. The number of nitriles is 1. The van der Waals surface area contributed by atoms with Gasteiger partial charge in [-0.25, -0.2) is 4.98 Å². The van der Waals surface area contributed by atoms with Crippen molar-refractivity contribution in [2.75, 3.05) is 19.6 Å². The summed E-state index contributed by atoms with van der Waals surface area (Å²) in [5.41, 5.74) is 7.42. The van der Waals surface area contributed by atoms with Crippen molar-refractivity contribution in [2.45, 2.75) is 45.5 Å². The number of nitrogens with two attached hydrogens (primary N) is 1. The number of nitrogens with one attached hydrogen (secondary N) is 1. The largest absolute Gasteiger partial charge is 0.416 e. The number of carbonyl (C=O) groups is 1. The second-order valence-corrected chi connectivity index (χ2v) is 9.89. The SMILES string of the molecule is CCCNC(=S)N(Cc1ccccc1C(F)(F)F)C[C@H](CCN)C(=O)Cc1cncn1Cc1ccc(C#N)cc1. The van der Waals surface area contributed by atoms with E-state index in [1.807, 2.05) is 23.6 Å². The van der Waals surface area contributed by atoms with Crippen LogP contribution in [0.5, 0.6) is 0 Å². The van der Waals surface area contributed by atoms with Crippen LogP contribution in [0.15, 0.2) is 61.1 Å². The molecule has 0 unspecified atom stereocenters. The third-order valence-corrected chi connectivity index (χ3v) is 6.90. The number of hydrogen-bond donors (Lipinski definition) is 2. The Balaban J connectivity index is 1.80. The van der Waals surface area contributed by atoms with Gasteiger partial charge in [0.05, 0.1) is 23.5 Å². The molecule has 0 fully saturated rings. The number of thiocarbonyl (C=S) groups is 1. The smallest absolute Gasteiger partial charge is 0.363 e. The second kappa shape index (κ2) is 14.6. The molecule has 3 rings (SSSR count). The van der Waals surface area contributed by atoms with Gasteiger partial charge in [-0.2, -0.15) is 18.4 Å². The van der Waals surface area contributed by atoms with Gasteiger partial charge in [-0.05, 0) is 60.9 Å². The molecule has 2 aromatic carbocycles. The molecule has 0 spiro atoms. The molecule has 212 valence electrons. The van der Waals surface area contributed by atoms with E-state index in [9.17, 15) is 18.0 Å². The van der Waals surface area contributed by atoms with Crippen molar-refractivity contribution in [3.05, 3.63) is 89.0 Å². The van der Waals surface area contributed by atoms with Gasteiger partial charge < -0.3 is 20.5 Å². The fourth-order valence-corrected chi connectivity index (χ4v) is 4.61. The Morgan fingerprint density at radius 1 is 1.23 bits per heavy atom. The fraction of sp³-hybridized carbons (Fsp3) is 0.379. The van der Waals surface area contributed by atoms with E-state index in [0.29, 0.717) is 35.9 Å². The van der Waals surface area contributed by atoms with Gasteiger partial charge in [0.15, 0.2) is 5.11 Å². The molecule has 0 amide bonds. The molecule has 0 saturated carbocycles. The van der Waals surface area contributed by atoms with Gasteiger partial charge >= 0.3 is 6.18 Å². The molecule has 3 N–H and O–H groups in total. The zero-order valence-electron chi connectivity index (χ0n) is 22.3. The summed E-state index contributed by atoms with van der Waals surface area (Å²) in [6.07, 6.45) is -0.0176. The lowest BCUT2D eigenvalue weighted by molar-refractivity contribution is -0.138. The highest BCUT2D eigenvalue weighted by atomic mass is 32.1. The van der Waals surface area contributed by atoms with Gasteiger partial charge in [0.25, 0.3) is 0 Å². The Kier molecular flexibility index (Phi) is 11.2. The van der Waals surface area contributed by atoms with Crippen LogP contribution in [0.1, 0.15) is 47.7 Å². The zero-order valence-corrected chi connectivity index (χ0v) is 23.1. The van der Waals surface area contributed by atoms with Crippen LogP contribution in [0.25, 0.3) is 0 Å². The Hall–Kier alpha value is -3.75. The average Bonchev–Trinajstić information content (AvgIpc) is 3.37. The van der Waals surface area contributed by atoms with Gasteiger partial charge in [0.1, 0.15) is 5.78 Å². The van der Waals surface area contributed by atoms with E-state index in [-0.39, 0.29) is 37.4 Å². The number of alkyl halides is 3. The first-order valence-corrected chi connectivity index (χ1v) is 13.5. The van der Waals surface area contributed by atoms with Gasteiger partial charge in [-0.1, -0.05) is 37.3 Å². The van der Waals surface area contributed by atoms with Crippen molar-refractivity contribution >= 4 is 23.1 Å². The number of hydrogen-bond acceptors (Lipinski definition) is 5. The minimum absolute atomic E-state index is 0.0788. The first kappa shape index (κ1) is 30.8. The third-order valence-electron chi connectivity index (χ3n) is 6.50. The van der Waals surface area contributed by atoms with Crippen LogP contribution in [-0.4, -0.2) is 45.0 Å². The summed E-state index contributed by atoms with van der Waals surface area (Å²) in [6.45, 7) is 3.25. The molecule has 0 bridgehead atoms. The van der Waals surface area contributed by atoms with Crippen LogP contribution in [0.4, 0.5) is 13.2 Å². The van der Waals surface area contributed by atoms with Crippen LogP contribution >= 0.6 is 12.2 Å². The number of Topliss-reactive ketones (excluding diaryl/α,β-unsaturated/α-hetero) is 1. The average molecular weight is 571 g/mol. The summed E-state index contributed by atoms with van der Waals surface area (Å²) < 4.78 is 43.0. The third kappa shape index (κ3) is 8.63. The molecule has 7 nitrogen and oxygen atoms in total. The van der Waals surface area contributed by atoms with Crippen LogP contribution in [0.3, 0.4) is 0 Å². The summed E-state index contributed by atoms with van der Waals surface area (Å²) in [6, 6.07) is 14.6. The Labute approximate surface area is 237 Å². The van der Waals surface area contributed by atoms with E-state index in [4.69, 9.17) is 23.2 Å². The maximum absolute atomic E-state index is 13.7. The minimum Gasteiger partial charge on any atom is -0.363 e. The maximum atomic E-state index is 13.7. The van der Waals surface area contributed by atoms with Crippen molar-refractivity contribution in [3.63, 3.8) is 0 Å². The quantitative estimate of drug-likeness (QED) is 0.288. The molecular weight excluding hydrogens is 537 g/mol. The fourth-order valence-electron chi connectivity index (χ4n) is 4.37. The Morgan fingerprint density at radius 2 is 1.95 bits per heavy atom. The minimum atomic E-state index is -4.51. The highest BCUT2D eigenvalue weighted by molar-refractivity contribution is 7.80. The molecule has 0 aliphatic heterocycles. The van der Waals surface area contributed by atoms with E-state index < -0.39 is 17.7 Å². The van der Waals surface area contributed by atoms with Crippen molar-refractivity contribution in [1.29, 1.82) is 5.26 Å². The molecule has 0 saturated heterocycles. The molecule has 1 atom stereocenters. The lowest BCUT2D eigenvalue weighted by Crippen LogP contribution is -2.44. The van der Waals surface area contributed by atoms with Gasteiger partial charge in [0, 0.05) is 50.4 Å².